The number of phenolic OH excluding ortho intramolecular Hbond substituents is 1. The molecule has 112 valence electrons. The number of hydrogen-bond donors (Lipinski definition) is 2. The molecule has 0 amide bonds. The van der Waals surface area contributed by atoms with Crippen LogP contribution in [0.5, 0.6) is 11.5 Å². The van der Waals surface area contributed by atoms with Crippen molar-refractivity contribution < 1.29 is 18.3 Å². The van der Waals surface area contributed by atoms with Crippen molar-refractivity contribution in [1.29, 1.82) is 0 Å². The van der Waals surface area contributed by atoms with Gasteiger partial charge in [0.15, 0.2) is 21.3 Å². The van der Waals surface area contributed by atoms with E-state index in [-0.39, 0.29) is 10.6 Å². The van der Waals surface area contributed by atoms with E-state index in [2.05, 4.69) is 5.32 Å². The number of benzene rings is 2. The van der Waals surface area contributed by atoms with Crippen molar-refractivity contribution in [1.82, 2.24) is 0 Å². The average Bonchev–Trinajstić information content (AvgIpc) is 2.44. The summed E-state index contributed by atoms with van der Waals surface area (Å²) >= 11 is 0. The number of methoxy groups -OCH3 is 1. The van der Waals surface area contributed by atoms with Crippen LogP contribution in [0.1, 0.15) is 5.56 Å². The fourth-order valence-electron chi connectivity index (χ4n) is 1.98. The van der Waals surface area contributed by atoms with Crippen LogP contribution in [-0.2, 0) is 16.4 Å². The molecule has 0 saturated heterocycles. The van der Waals surface area contributed by atoms with Crippen molar-refractivity contribution in [2.24, 2.45) is 0 Å². The van der Waals surface area contributed by atoms with Gasteiger partial charge in [0.25, 0.3) is 0 Å². The van der Waals surface area contributed by atoms with Gasteiger partial charge in [-0.05, 0) is 29.8 Å². The second kappa shape index (κ2) is 6.05. The molecule has 0 radical (unpaired) electrons. The van der Waals surface area contributed by atoms with Crippen LogP contribution in [0.4, 0.5) is 5.69 Å². The number of anilines is 1. The van der Waals surface area contributed by atoms with Crippen molar-refractivity contribution in [2.75, 3.05) is 18.7 Å². The Hall–Kier alpha value is -2.21. The molecule has 0 bridgehead atoms. The smallest absolute Gasteiger partial charge is 0.177 e. The summed E-state index contributed by atoms with van der Waals surface area (Å²) in [6, 6.07) is 11.8. The Morgan fingerprint density at radius 3 is 2.52 bits per heavy atom. The van der Waals surface area contributed by atoms with Gasteiger partial charge in [0.2, 0.25) is 0 Å². The van der Waals surface area contributed by atoms with Crippen molar-refractivity contribution in [2.45, 2.75) is 11.4 Å². The van der Waals surface area contributed by atoms with Gasteiger partial charge in [-0.2, -0.15) is 0 Å². The molecule has 21 heavy (non-hydrogen) atoms. The Bertz CT molecular complexity index is 741. The fourth-order valence-corrected chi connectivity index (χ4v) is 2.84. The Morgan fingerprint density at radius 2 is 1.90 bits per heavy atom. The highest BCUT2D eigenvalue weighted by Gasteiger charge is 2.12. The predicted octanol–water partition coefficient (Wildman–Crippen LogP) is 2.42. The number of phenols is 1. The molecule has 0 aliphatic carbocycles. The van der Waals surface area contributed by atoms with Crippen LogP contribution in [0.15, 0.2) is 47.4 Å². The van der Waals surface area contributed by atoms with Crippen LogP contribution in [0.3, 0.4) is 0 Å². The molecule has 0 aliphatic rings. The Balaban J connectivity index is 2.19. The molecule has 2 rings (SSSR count). The SMILES string of the molecule is COc1ccc(CNc2ccccc2S(C)(=O)=O)cc1O. The van der Waals surface area contributed by atoms with Gasteiger partial charge in [0.05, 0.1) is 17.7 Å². The van der Waals surface area contributed by atoms with Crippen LogP contribution < -0.4 is 10.1 Å². The Kier molecular flexibility index (Phi) is 4.37. The molecule has 0 fully saturated rings. The molecule has 0 aliphatic heterocycles. The van der Waals surface area contributed by atoms with Crippen LogP contribution in [0.2, 0.25) is 0 Å². The van der Waals surface area contributed by atoms with E-state index in [0.717, 1.165) is 5.56 Å². The Morgan fingerprint density at radius 1 is 1.19 bits per heavy atom. The molecule has 6 heteroatoms. The van der Waals surface area contributed by atoms with Gasteiger partial charge in [-0.3, -0.25) is 0 Å². The standard InChI is InChI=1S/C15H17NO4S/c1-20-14-8-7-11(9-13(14)17)10-16-12-5-3-4-6-15(12)21(2,18)19/h3-9,16-17H,10H2,1-2H3. The van der Waals surface area contributed by atoms with Crippen LogP contribution in [0.25, 0.3) is 0 Å². The third-order valence-electron chi connectivity index (χ3n) is 3.01. The number of nitrogens with one attached hydrogen (secondary N) is 1. The number of ether oxygens (including phenoxy) is 1. The molecule has 2 aromatic rings. The van der Waals surface area contributed by atoms with E-state index in [0.29, 0.717) is 18.0 Å². The lowest BCUT2D eigenvalue weighted by Crippen LogP contribution is -2.06. The average molecular weight is 307 g/mol. The van der Waals surface area contributed by atoms with E-state index in [1.807, 2.05) is 0 Å². The summed E-state index contributed by atoms with van der Waals surface area (Å²) in [6.45, 7) is 0.393. The van der Waals surface area contributed by atoms with Crippen LogP contribution in [0, 0.1) is 0 Å². The van der Waals surface area contributed by atoms with Gasteiger partial charge in [0.1, 0.15) is 0 Å². The number of sulfone groups is 1. The van der Waals surface area contributed by atoms with Gasteiger partial charge in [-0.25, -0.2) is 8.42 Å². The predicted molar refractivity (Wildman–Crippen MR) is 81.5 cm³/mol. The van der Waals surface area contributed by atoms with Crippen molar-refractivity contribution >= 4 is 15.5 Å². The molecule has 0 saturated carbocycles. The van der Waals surface area contributed by atoms with E-state index in [9.17, 15) is 13.5 Å². The van der Waals surface area contributed by atoms with E-state index >= 15 is 0 Å². The van der Waals surface area contributed by atoms with E-state index in [1.165, 1.54) is 13.4 Å². The Labute approximate surface area is 124 Å². The first-order valence-electron chi connectivity index (χ1n) is 6.30. The maximum atomic E-state index is 11.7. The van der Waals surface area contributed by atoms with E-state index in [4.69, 9.17) is 4.74 Å². The first-order chi connectivity index (χ1) is 9.91. The number of hydrogen-bond acceptors (Lipinski definition) is 5. The molecule has 0 atom stereocenters. The molecule has 0 spiro atoms. The molecule has 0 heterocycles. The lowest BCUT2D eigenvalue weighted by Gasteiger charge is -2.11. The summed E-state index contributed by atoms with van der Waals surface area (Å²) in [6.07, 6.45) is 1.17. The second-order valence-electron chi connectivity index (χ2n) is 4.63. The minimum absolute atomic E-state index is 0.0493. The van der Waals surface area contributed by atoms with Crippen LogP contribution in [-0.4, -0.2) is 26.9 Å². The van der Waals surface area contributed by atoms with E-state index in [1.54, 1.807) is 42.5 Å². The number of rotatable bonds is 5. The molecular formula is C15H17NO4S. The van der Waals surface area contributed by atoms with Gasteiger partial charge in [-0.1, -0.05) is 18.2 Å². The highest BCUT2D eigenvalue weighted by atomic mass is 32.2. The van der Waals surface area contributed by atoms with Crippen molar-refractivity contribution in [3.05, 3.63) is 48.0 Å². The summed E-state index contributed by atoms with van der Waals surface area (Å²) < 4.78 is 28.4. The highest BCUT2D eigenvalue weighted by Crippen LogP contribution is 2.27. The van der Waals surface area contributed by atoms with Gasteiger partial charge < -0.3 is 15.2 Å². The summed E-state index contributed by atoms with van der Waals surface area (Å²) in [7, 11) is -1.81. The maximum Gasteiger partial charge on any atom is 0.177 e. The zero-order valence-electron chi connectivity index (χ0n) is 11.8. The first kappa shape index (κ1) is 15.2. The van der Waals surface area contributed by atoms with Crippen LogP contribution >= 0.6 is 0 Å². The minimum Gasteiger partial charge on any atom is -0.504 e. The third-order valence-corrected chi connectivity index (χ3v) is 4.17. The number of aromatic hydroxyl groups is 1. The van der Waals surface area contributed by atoms with Crippen molar-refractivity contribution in [3.63, 3.8) is 0 Å². The van der Waals surface area contributed by atoms with Gasteiger partial charge in [0, 0.05) is 12.8 Å². The normalized spacial score (nSPS) is 11.1. The lowest BCUT2D eigenvalue weighted by molar-refractivity contribution is 0.373. The van der Waals surface area contributed by atoms with E-state index < -0.39 is 9.84 Å². The molecule has 2 N–H and O–H groups in total. The van der Waals surface area contributed by atoms with Gasteiger partial charge >= 0.3 is 0 Å². The quantitative estimate of drug-likeness (QED) is 0.887. The zero-order valence-corrected chi connectivity index (χ0v) is 12.6. The fraction of sp³-hybridized carbons (Fsp3) is 0.200. The van der Waals surface area contributed by atoms with Crippen molar-refractivity contribution in [3.8, 4) is 11.5 Å². The number of para-hydroxylation sites is 1. The zero-order chi connectivity index (χ0) is 15.5. The second-order valence-corrected chi connectivity index (χ2v) is 6.61. The third kappa shape index (κ3) is 3.66. The topological polar surface area (TPSA) is 75.6 Å². The molecule has 2 aromatic carbocycles. The largest absolute Gasteiger partial charge is 0.504 e. The van der Waals surface area contributed by atoms with Gasteiger partial charge in [-0.15, -0.1) is 0 Å². The molecule has 5 nitrogen and oxygen atoms in total. The summed E-state index contributed by atoms with van der Waals surface area (Å²) in [4.78, 5) is 0.253. The summed E-state index contributed by atoms with van der Waals surface area (Å²) in [5.41, 5.74) is 1.35. The lowest BCUT2D eigenvalue weighted by atomic mass is 10.2. The molecular weight excluding hydrogens is 290 g/mol. The summed E-state index contributed by atoms with van der Waals surface area (Å²) in [5.74, 6) is 0.448. The minimum atomic E-state index is -3.29. The maximum absolute atomic E-state index is 11.7. The molecule has 0 unspecified atom stereocenters. The molecule has 0 aromatic heterocycles. The monoisotopic (exact) mass is 307 g/mol. The summed E-state index contributed by atoms with van der Waals surface area (Å²) in [5, 5.41) is 12.8. The first-order valence-corrected chi connectivity index (χ1v) is 8.20. The highest BCUT2D eigenvalue weighted by molar-refractivity contribution is 7.90.